The number of benzene rings is 1. The third-order valence-corrected chi connectivity index (χ3v) is 6.60. The second-order valence-electron chi connectivity index (χ2n) is 9.13. The maximum atomic E-state index is 13.2. The molecule has 12 heteroatoms. The number of aryl methyl sites for hydroxylation is 1. The Morgan fingerprint density at radius 3 is 2.62 bits per heavy atom. The van der Waals surface area contributed by atoms with Gasteiger partial charge in [0, 0.05) is 30.1 Å². The summed E-state index contributed by atoms with van der Waals surface area (Å²) in [5, 5.41) is 6.41. The molecule has 6 rings (SSSR count). The molecule has 2 aliphatic heterocycles. The fraction of sp³-hybridized carbons (Fsp3) is 0.360. The highest BCUT2D eigenvalue weighted by Crippen LogP contribution is 2.38. The summed E-state index contributed by atoms with van der Waals surface area (Å²) >= 11 is 0. The smallest absolute Gasteiger partial charge is 0.434 e. The first-order valence-corrected chi connectivity index (χ1v) is 12.1. The fourth-order valence-electron chi connectivity index (χ4n) is 4.52. The molecule has 0 unspecified atom stereocenters. The maximum Gasteiger partial charge on any atom is 0.434 e. The third-order valence-electron chi connectivity index (χ3n) is 6.60. The normalized spacial score (nSPS) is 17.2. The average Bonchev–Trinajstić information content (AvgIpc) is 3.31. The molecule has 1 aromatic carbocycles. The van der Waals surface area contributed by atoms with Crippen LogP contribution in [0.4, 0.5) is 13.2 Å². The Hall–Kier alpha value is -4.09. The predicted octanol–water partition coefficient (Wildman–Crippen LogP) is 4.19. The average molecular weight is 511 g/mol. The van der Waals surface area contributed by atoms with Crippen molar-refractivity contribution in [3.63, 3.8) is 0 Å². The molecule has 3 aliphatic rings. The molecule has 1 saturated carbocycles. The van der Waals surface area contributed by atoms with E-state index in [0.717, 1.165) is 41.7 Å². The van der Waals surface area contributed by atoms with Crippen molar-refractivity contribution in [2.24, 2.45) is 9.98 Å². The molecule has 1 fully saturated rings. The molecule has 1 N–H and O–H groups in total. The summed E-state index contributed by atoms with van der Waals surface area (Å²) in [6.45, 7) is 3.16. The number of rotatable bonds is 7. The number of amidine groups is 2. The van der Waals surface area contributed by atoms with Crippen LogP contribution in [-0.4, -0.2) is 49.7 Å². The van der Waals surface area contributed by atoms with E-state index in [4.69, 9.17) is 9.73 Å². The van der Waals surface area contributed by atoms with Crippen LogP contribution in [0.2, 0.25) is 0 Å². The van der Waals surface area contributed by atoms with E-state index in [9.17, 15) is 13.2 Å². The van der Waals surface area contributed by atoms with Crippen LogP contribution in [0.1, 0.15) is 42.8 Å². The first kappa shape index (κ1) is 23.3. The highest BCUT2D eigenvalue weighted by Gasteiger charge is 2.35. The molecule has 192 valence electrons. The van der Waals surface area contributed by atoms with E-state index in [-0.39, 0.29) is 0 Å². The minimum absolute atomic E-state index is 0.295. The number of imidazole rings is 1. The van der Waals surface area contributed by atoms with Crippen molar-refractivity contribution in [1.82, 2.24) is 29.8 Å². The van der Waals surface area contributed by atoms with Crippen LogP contribution in [0, 0.1) is 0 Å². The van der Waals surface area contributed by atoms with Gasteiger partial charge in [0.2, 0.25) is 0 Å². The molecule has 9 nitrogen and oxygen atoms in total. The van der Waals surface area contributed by atoms with Gasteiger partial charge in [-0.15, -0.1) is 0 Å². The van der Waals surface area contributed by atoms with Gasteiger partial charge in [0.25, 0.3) is 0 Å². The van der Waals surface area contributed by atoms with Crippen LogP contribution in [0.25, 0.3) is 11.4 Å². The first-order chi connectivity index (χ1) is 17.9. The van der Waals surface area contributed by atoms with Gasteiger partial charge in [-0.2, -0.15) is 18.3 Å². The van der Waals surface area contributed by atoms with Gasteiger partial charge in [0.15, 0.2) is 23.1 Å². The monoisotopic (exact) mass is 510 g/mol. The number of aromatic nitrogens is 4. The van der Waals surface area contributed by atoms with E-state index < -0.39 is 11.9 Å². The topological polar surface area (TPSA) is 84.9 Å². The highest BCUT2D eigenvalue weighted by molar-refractivity contribution is 6.14. The van der Waals surface area contributed by atoms with E-state index in [1.54, 1.807) is 32.4 Å². The maximum absolute atomic E-state index is 13.2. The predicted molar refractivity (Wildman–Crippen MR) is 131 cm³/mol. The van der Waals surface area contributed by atoms with E-state index in [2.05, 4.69) is 20.5 Å². The van der Waals surface area contributed by atoms with Gasteiger partial charge in [-0.1, -0.05) is 24.3 Å². The van der Waals surface area contributed by atoms with E-state index in [1.807, 2.05) is 28.0 Å². The lowest BCUT2D eigenvalue weighted by atomic mass is 10.1. The number of alkyl halides is 3. The van der Waals surface area contributed by atoms with Gasteiger partial charge in [0.1, 0.15) is 11.5 Å². The molecule has 0 radical (unpaired) electrons. The molecule has 1 aliphatic carbocycles. The third kappa shape index (κ3) is 4.25. The number of aliphatic imine (C=N–C) groups is 2. The van der Waals surface area contributed by atoms with Crippen molar-refractivity contribution in [1.29, 1.82) is 0 Å². The Balaban J connectivity index is 1.23. The Kier molecular flexibility index (Phi) is 5.54. The molecular formula is C25H25F3N8O. The molecule has 37 heavy (non-hydrogen) atoms. The van der Waals surface area contributed by atoms with Crippen LogP contribution in [-0.2, 0) is 19.3 Å². The molecule has 0 atom stereocenters. The lowest BCUT2D eigenvalue weighted by Gasteiger charge is -2.23. The second kappa shape index (κ2) is 8.79. The van der Waals surface area contributed by atoms with Crippen molar-refractivity contribution in [2.75, 3.05) is 13.7 Å². The second-order valence-corrected chi connectivity index (χ2v) is 9.13. The molecule has 0 amide bonds. The number of hydrogen-bond acceptors (Lipinski definition) is 7. The quantitative estimate of drug-likeness (QED) is 0.515. The minimum atomic E-state index is -4.48. The summed E-state index contributed by atoms with van der Waals surface area (Å²) in [7, 11) is 1.61. The van der Waals surface area contributed by atoms with Crippen LogP contribution >= 0.6 is 0 Å². The van der Waals surface area contributed by atoms with Gasteiger partial charge >= 0.3 is 6.18 Å². The van der Waals surface area contributed by atoms with Gasteiger partial charge in [-0.05, 0) is 25.3 Å². The number of halogens is 3. The van der Waals surface area contributed by atoms with Crippen molar-refractivity contribution >= 4 is 11.7 Å². The largest absolute Gasteiger partial charge is 0.493 e. The Labute approximate surface area is 211 Å². The van der Waals surface area contributed by atoms with Crippen molar-refractivity contribution in [3.05, 3.63) is 65.4 Å². The minimum Gasteiger partial charge on any atom is -0.493 e. The summed E-state index contributed by atoms with van der Waals surface area (Å²) in [6, 6.07) is 7.72. The molecule has 2 aromatic heterocycles. The molecule has 0 spiro atoms. The van der Waals surface area contributed by atoms with Crippen molar-refractivity contribution in [3.8, 4) is 17.1 Å². The number of ether oxygens (including phenoxy) is 1. The number of nitrogens with one attached hydrogen (secondary N) is 1. The van der Waals surface area contributed by atoms with E-state index in [0.29, 0.717) is 48.6 Å². The van der Waals surface area contributed by atoms with Gasteiger partial charge < -0.3 is 14.7 Å². The molecule has 3 aromatic rings. The first-order valence-electron chi connectivity index (χ1n) is 12.1. The zero-order valence-electron chi connectivity index (χ0n) is 20.3. The van der Waals surface area contributed by atoms with Crippen LogP contribution in [0.5, 0.6) is 5.75 Å². The van der Waals surface area contributed by atoms with Gasteiger partial charge in [-0.3, -0.25) is 14.7 Å². The summed E-state index contributed by atoms with van der Waals surface area (Å²) in [4.78, 5) is 13.4. The van der Waals surface area contributed by atoms with E-state index >= 15 is 0 Å². The molecular weight excluding hydrogens is 485 g/mol. The molecule has 0 bridgehead atoms. The van der Waals surface area contributed by atoms with E-state index in [1.165, 1.54) is 4.57 Å². The molecule has 0 saturated heterocycles. The number of methoxy groups -OCH3 is 1. The van der Waals surface area contributed by atoms with Crippen LogP contribution in [0.3, 0.4) is 0 Å². The van der Waals surface area contributed by atoms with Gasteiger partial charge in [-0.25, -0.2) is 9.98 Å². The number of hydrogen-bond donors (Lipinski definition) is 1. The van der Waals surface area contributed by atoms with Gasteiger partial charge in [0.05, 0.1) is 32.4 Å². The Morgan fingerprint density at radius 2 is 1.95 bits per heavy atom. The summed E-state index contributed by atoms with van der Waals surface area (Å²) in [5.41, 5.74) is 5.71. The summed E-state index contributed by atoms with van der Waals surface area (Å²) in [6.07, 6.45) is 2.31. The van der Waals surface area contributed by atoms with Crippen LogP contribution < -0.4 is 10.2 Å². The Morgan fingerprint density at radius 1 is 1.16 bits per heavy atom. The zero-order chi connectivity index (χ0) is 25.7. The summed E-state index contributed by atoms with van der Waals surface area (Å²) in [5.74, 6) is 2.30. The highest BCUT2D eigenvalue weighted by atomic mass is 19.4. The molecule has 4 heterocycles. The van der Waals surface area contributed by atoms with Crippen molar-refractivity contribution < 1.29 is 17.9 Å². The standard InChI is InChI=1S/C25H25F3N8O/c1-3-34-14-20(25(26,27)28)32-23(34)16-6-4-15(5-7-16)13-35-24-17(11-30-35)10-29-22(33-24)21-19(37-2)12-31-36(21)18-8-9-18/h4-7,11-12,14,18,30H,3,8-10,13H2,1-2H3. The lowest BCUT2D eigenvalue weighted by molar-refractivity contribution is -0.140. The number of nitrogens with zero attached hydrogens (tertiary/aromatic N) is 7. The van der Waals surface area contributed by atoms with Crippen molar-refractivity contribution in [2.45, 2.75) is 45.1 Å². The summed E-state index contributed by atoms with van der Waals surface area (Å²) < 4.78 is 48.5. The van der Waals surface area contributed by atoms with Crippen LogP contribution in [0.15, 0.2) is 58.4 Å². The number of hydrazine groups is 1. The zero-order valence-corrected chi connectivity index (χ0v) is 20.3. The Bertz CT molecular complexity index is 1430. The number of fused-ring (bicyclic) bond motifs is 1. The lowest BCUT2D eigenvalue weighted by Crippen LogP contribution is -2.36. The SMILES string of the molecule is CCn1cc(C(F)(F)F)nc1-c1ccc(CN2NC=C3CN=C(c4c(OC)cnn4C4CC4)N=C32)cc1. The fourth-order valence-corrected chi connectivity index (χ4v) is 4.52.